The van der Waals surface area contributed by atoms with Gasteiger partial charge in [0.05, 0.1) is 36.5 Å². The summed E-state index contributed by atoms with van der Waals surface area (Å²) in [5, 5.41) is 32.8. The maximum absolute atomic E-state index is 13.3. The summed E-state index contributed by atoms with van der Waals surface area (Å²) in [6.07, 6.45) is 3.92. The fraction of sp³-hybridized carbons (Fsp3) is 0.556. The molecule has 3 unspecified atom stereocenters. The first-order valence-electron chi connectivity index (χ1n) is 12.6. The molecule has 3 atom stereocenters. The van der Waals surface area contributed by atoms with E-state index in [9.17, 15) is 19.8 Å². The van der Waals surface area contributed by atoms with Gasteiger partial charge in [0.2, 0.25) is 11.8 Å². The van der Waals surface area contributed by atoms with Crippen molar-refractivity contribution >= 4 is 34.4 Å². The molecule has 0 spiro atoms. The van der Waals surface area contributed by atoms with E-state index in [4.69, 9.17) is 19.3 Å². The summed E-state index contributed by atoms with van der Waals surface area (Å²) in [5.74, 6) is 0.155. The summed E-state index contributed by atoms with van der Waals surface area (Å²) in [6.45, 7) is 3.88. The molecule has 1 aromatic rings. The van der Waals surface area contributed by atoms with E-state index in [1.807, 2.05) is 6.08 Å². The van der Waals surface area contributed by atoms with E-state index in [1.54, 1.807) is 23.1 Å². The number of nitrogens with zero attached hydrogens (tertiary/aromatic N) is 1. The van der Waals surface area contributed by atoms with E-state index in [0.717, 1.165) is 12.8 Å². The number of allylic oxidation sites excluding steroid dienone is 1. The Kier molecular flexibility index (Phi) is 14.1. The van der Waals surface area contributed by atoms with Gasteiger partial charge in [-0.25, -0.2) is 0 Å². The molecule has 0 aromatic heterocycles. The normalized spacial score (nSPS) is 18.9. The Labute approximate surface area is 237 Å². The van der Waals surface area contributed by atoms with Crippen molar-refractivity contribution in [1.29, 1.82) is 0 Å². The van der Waals surface area contributed by atoms with E-state index in [-0.39, 0.29) is 51.7 Å². The number of nitrogens with one attached hydrogen (secondary N) is 1. The van der Waals surface area contributed by atoms with Gasteiger partial charge in [0.15, 0.2) is 11.5 Å². The summed E-state index contributed by atoms with van der Waals surface area (Å²) in [7, 11) is 3.01. The first-order valence-corrected chi connectivity index (χ1v) is 13.7. The van der Waals surface area contributed by atoms with Gasteiger partial charge in [-0.05, 0) is 65.6 Å². The number of rotatable bonds is 16. The Morgan fingerprint density at radius 2 is 2.03 bits per heavy atom. The van der Waals surface area contributed by atoms with E-state index < -0.39 is 24.2 Å². The fourth-order valence-electron chi connectivity index (χ4n) is 4.27. The standard InChI is InChI=1S/C27H39IN2O8/c1-4-5-6-7-8-24(33)30(10-12-36-2)21-15-19(27(35)29-9-11-31)16-22(25(21)34)38-26-20(28)13-18(17-32)14-23(26)37-3/h4,13-14,16,21-22,25,31-32,34H,1,5-12,15,17H2,2-3H3,(H,29,35). The Morgan fingerprint density at radius 1 is 1.26 bits per heavy atom. The van der Waals surface area contributed by atoms with Crippen molar-refractivity contribution in [3.63, 3.8) is 0 Å². The Bertz CT molecular complexity index is 971. The second-order valence-corrected chi connectivity index (χ2v) is 10.1. The van der Waals surface area contributed by atoms with Crippen LogP contribution in [0.25, 0.3) is 0 Å². The zero-order valence-electron chi connectivity index (χ0n) is 22.0. The number of unbranched alkanes of at least 4 members (excludes halogenated alkanes) is 2. The highest BCUT2D eigenvalue weighted by Gasteiger charge is 2.40. The number of carbonyl (C=O) groups excluding carboxylic acids is 2. The van der Waals surface area contributed by atoms with Crippen molar-refractivity contribution in [1.82, 2.24) is 10.2 Å². The summed E-state index contributed by atoms with van der Waals surface area (Å²) < 4.78 is 17.6. The van der Waals surface area contributed by atoms with Gasteiger partial charge < -0.3 is 39.7 Å². The van der Waals surface area contributed by atoms with E-state index in [0.29, 0.717) is 32.6 Å². The summed E-state index contributed by atoms with van der Waals surface area (Å²) in [4.78, 5) is 27.8. The second kappa shape index (κ2) is 16.7. The van der Waals surface area contributed by atoms with Crippen molar-refractivity contribution in [2.24, 2.45) is 0 Å². The molecule has 0 saturated carbocycles. The van der Waals surface area contributed by atoms with E-state index >= 15 is 0 Å². The number of aliphatic hydroxyl groups is 3. The molecule has 1 aliphatic rings. The molecule has 10 nitrogen and oxygen atoms in total. The van der Waals surface area contributed by atoms with Gasteiger partial charge in [-0.2, -0.15) is 0 Å². The van der Waals surface area contributed by atoms with Crippen molar-refractivity contribution in [2.75, 3.05) is 40.5 Å². The van der Waals surface area contributed by atoms with Gasteiger partial charge in [0.25, 0.3) is 0 Å². The summed E-state index contributed by atoms with van der Waals surface area (Å²) >= 11 is 2.05. The van der Waals surface area contributed by atoms with E-state index in [2.05, 4.69) is 34.5 Å². The van der Waals surface area contributed by atoms with Crippen LogP contribution in [0.3, 0.4) is 0 Å². The molecule has 2 amide bonds. The molecule has 0 radical (unpaired) electrons. The molecular weight excluding hydrogens is 607 g/mol. The van der Waals surface area contributed by atoms with Crippen molar-refractivity contribution in [2.45, 2.75) is 57.0 Å². The predicted molar refractivity (Wildman–Crippen MR) is 151 cm³/mol. The van der Waals surface area contributed by atoms with Crippen LogP contribution in [0.15, 0.2) is 36.4 Å². The van der Waals surface area contributed by atoms with Gasteiger partial charge in [-0.1, -0.05) is 6.08 Å². The van der Waals surface area contributed by atoms with Crippen LogP contribution in [0.2, 0.25) is 0 Å². The van der Waals surface area contributed by atoms with Crippen LogP contribution in [-0.4, -0.2) is 90.8 Å². The van der Waals surface area contributed by atoms with Crippen LogP contribution < -0.4 is 14.8 Å². The van der Waals surface area contributed by atoms with Gasteiger partial charge >= 0.3 is 0 Å². The quantitative estimate of drug-likeness (QED) is 0.122. The predicted octanol–water partition coefficient (Wildman–Crippen LogP) is 1.93. The number of hydrogen-bond donors (Lipinski definition) is 4. The molecule has 212 valence electrons. The first-order chi connectivity index (χ1) is 18.3. The third kappa shape index (κ3) is 8.94. The molecule has 0 fully saturated rings. The summed E-state index contributed by atoms with van der Waals surface area (Å²) in [6, 6.07) is 2.63. The monoisotopic (exact) mass is 646 g/mol. The molecule has 1 aliphatic carbocycles. The molecule has 0 aliphatic heterocycles. The Balaban J connectivity index is 2.43. The maximum atomic E-state index is 13.3. The maximum Gasteiger partial charge on any atom is 0.247 e. The average molecular weight is 647 g/mol. The molecule has 38 heavy (non-hydrogen) atoms. The second-order valence-electron chi connectivity index (χ2n) is 8.90. The van der Waals surface area contributed by atoms with Crippen LogP contribution in [0.1, 0.15) is 37.7 Å². The number of benzene rings is 1. The molecule has 4 N–H and O–H groups in total. The Hall–Kier alpha value is -2.19. The van der Waals surface area contributed by atoms with Crippen LogP contribution in [0.4, 0.5) is 0 Å². The molecule has 0 saturated heterocycles. The van der Waals surface area contributed by atoms with Crippen LogP contribution >= 0.6 is 22.6 Å². The van der Waals surface area contributed by atoms with Gasteiger partial charge in [-0.3, -0.25) is 9.59 Å². The third-order valence-electron chi connectivity index (χ3n) is 6.25. The average Bonchev–Trinajstić information content (AvgIpc) is 2.92. The highest BCUT2D eigenvalue weighted by molar-refractivity contribution is 14.1. The number of hydrogen-bond acceptors (Lipinski definition) is 8. The molecule has 0 heterocycles. The smallest absolute Gasteiger partial charge is 0.247 e. The lowest BCUT2D eigenvalue weighted by Gasteiger charge is -2.40. The molecular formula is C27H39IN2O8. The number of halogens is 1. The van der Waals surface area contributed by atoms with Crippen molar-refractivity contribution < 1.29 is 39.1 Å². The lowest BCUT2D eigenvalue weighted by Crippen LogP contribution is -2.55. The summed E-state index contributed by atoms with van der Waals surface area (Å²) in [5.41, 5.74) is 0.967. The molecule has 11 heteroatoms. The molecule has 2 rings (SSSR count). The van der Waals surface area contributed by atoms with Gasteiger partial charge in [0.1, 0.15) is 12.2 Å². The molecule has 1 aromatic carbocycles. The van der Waals surface area contributed by atoms with Crippen LogP contribution in [0, 0.1) is 3.57 Å². The zero-order valence-corrected chi connectivity index (χ0v) is 24.2. The first kappa shape index (κ1) is 32.0. The number of ether oxygens (including phenoxy) is 3. The third-order valence-corrected chi connectivity index (χ3v) is 7.05. The topological polar surface area (TPSA) is 138 Å². The van der Waals surface area contributed by atoms with Crippen molar-refractivity contribution in [3.05, 3.63) is 45.6 Å². The number of carbonyl (C=O) groups is 2. The lowest BCUT2D eigenvalue weighted by atomic mass is 9.88. The van der Waals surface area contributed by atoms with Gasteiger partial charge in [-0.15, -0.1) is 6.58 Å². The fourth-order valence-corrected chi connectivity index (χ4v) is 5.06. The van der Waals surface area contributed by atoms with Crippen LogP contribution in [-0.2, 0) is 20.9 Å². The number of methoxy groups -OCH3 is 2. The highest BCUT2D eigenvalue weighted by Crippen LogP contribution is 2.37. The minimum absolute atomic E-state index is 0.0683. The largest absolute Gasteiger partial charge is 0.493 e. The Morgan fingerprint density at radius 3 is 2.66 bits per heavy atom. The number of aliphatic hydroxyl groups excluding tert-OH is 3. The minimum atomic E-state index is -1.16. The lowest BCUT2D eigenvalue weighted by molar-refractivity contribution is -0.139. The SMILES string of the molecule is C=CCCCCC(=O)N(CCOC)C1CC(C(=O)NCCO)=CC(Oc2c(I)cc(CO)cc2OC)C1O. The van der Waals surface area contributed by atoms with E-state index in [1.165, 1.54) is 14.2 Å². The van der Waals surface area contributed by atoms with Crippen molar-refractivity contribution in [3.8, 4) is 11.5 Å². The van der Waals surface area contributed by atoms with Crippen LogP contribution in [0.5, 0.6) is 11.5 Å². The zero-order chi connectivity index (χ0) is 28.1. The number of amides is 2. The molecule has 0 bridgehead atoms. The minimum Gasteiger partial charge on any atom is -0.493 e. The van der Waals surface area contributed by atoms with Gasteiger partial charge in [0, 0.05) is 38.6 Å². The highest BCUT2D eigenvalue weighted by atomic mass is 127.